The summed E-state index contributed by atoms with van der Waals surface area (Å²) in [4.78, 5) is 14.9. The predicted molar refractivity (Wildman–Crippen MR) is 103 cm³/mol. The summed E-state index contributed by atoms with van der Waals surface area (Å²) in [5.41, 5.74) is 1.79. The maximum Gasteiger partial charge on any atom is 0.254 e. The van der Waals surface area contributed by atoms with E-state index in [1.54, 1.807) is 7.11 Å². The second-order valence-electron chi connectivity index (χ2n) is 6.41. The van der Waals surface area contributed by atoms with Gasteiger partial charge in [0.15, 0.2) is 0 Å². The van der Waals surface area contributed by atoms with Crippen LogP contribution in [-0.4, -0.2) is 42.2 Å². The Kier molecular flexibility index (Phi) is 8.22. The van der Waals surface area contributed by atoms with Gasteiger partial charge in [-0.3, -0.25) is 4.79 Å². The zero-order valence-corrected chi connectivity index (χ0v) is 16.1. The zero-order valence-electron chi connectivity index (χ0n) is 16.1. The van der Waals surface area contributed by atoms with Crippen LogP contribution in [0.2, 0.25) is 0 Å². The Balaban J connectivity index is 2.05. The molecule has 0 aliphatic carbocycles. The van der Waals surface area contributed by atoms with Crippen molar-refractivity contribution in [1.29, 1.82) is 0 Å². The molecule has 0 spiro atoms. The molecule has 1 aromatic carbocycles. The lowest BCUT2D eigenvalue weighted by Crippen LogP contribution is -2.32. The van der Waals surface area contributed by atoms with Gasteiger partial charge in [-0.1, -0.05) is 13.3 Å². The van der Waals surface area contributed by atoms with Crippen molar-refractivity contribution >= 4 is 5.91 Å². The molecule has 0 bridgehead atoms. The van der Waals surface area contributed by atoms with Crippen LogP contribution in [0.25, 0.3) is 0 Å². The number of ether oxygens (including phenoxy) is 2. The fourth-order valence-electron chi connectivity index (χ4n) is 2.72. The Morgan fingerprint density at radius 2 is 1.88 bits per heavy atom. The van der Waals surface area contributed by atoms with Gasteiger partial charge >= 0.3 is 0 Å². The van der Waals surface area contributed by atoms with E-state index in [4.69, 9.17) is 9.47 Å². The fraction of sp³-hybridized carbons (Fsp3) is 0.476. The molecule has 1 aromatic heterocycles. The first-order chi connectivity index (χ1) is 12.7. The predicted octanol–water partition coefficient (Wildman–Crippen LogP) is 3.88. The summed E-state index contributed by atoms with van der Waals surface area (Å²) in [7, 11) is 3.68. The zero-order chi connectivity index (χ0) is 18.8. The average molecular weight is 358 g/mol. The largest absolute Gasteiger partial charge is 0.494 e. The van der Waals surface area contributed by atoms with Crippen LogP contribution in [0.15, 0.2) is 42.6 Å². The number of unbranched alkanes of at least 4 members (excludes halogenated alkanes) is 1. The molecule has 0 N–H and O–H groups in total. The van der Waals surface area contributed by atoms with Gasteiger partial charge in [0, 0.05) is 44.8 Å². The van der Waals surface area contributed by atoms with E-state index in [2.05, 4.69) is 6.92 Å². The summed E-state index contributed by atoms with van der Waals surface area (Å²) in [5, 5.41) is 0. The highest BCUT2D eigenvalue weighted by Crippen LogP contribution is 2.16. The number of hydrogen-bond donors (Lipinski definition) is 0. The Hall–Kier alpha value is -2.27. The Labute approximate surface area is 156 Å². The maximum atomic E-state index is 13.0. The van der Waals surface area contributed by atoms with Crippen LogP contribution in [0.5, 0.6) is 5.75 Å². The van der Waals surface area contributed by atoms with Crippen molar-refractivity contribution in [1.82, 2.24) is 9.47 Å². The minimum absolute atomic E-state index is 0.0300. The van der Waals surface area contributed by atoms with Crippen molar-refractivity contribution in [2.45, 2.75) is 32.7 Å². The van der Waals surface area contributed by atoms with Gasteiger partial charge in [0.1, 0.15) is 5.75 Å². The van der Waals surface area contributed by atoms with E-state index in [-0.39, 0.29) is 5.91 Å². The molecule has 0 saturated carbocycles. The van der Waals surface area contributed by atoms with Crippen LogP contribution in [0.3, 0.4) is 0 Å². The number of rotatable bonds is 11. The summed E-state index contributed by atoms with van der Waals surface area (Å²) in [6.45, 7) is 4.73. The van der Waals surface area contributed by atoms with E-state index < -0.39 is 0 Å². The molecule has 0 unspecified atom stereocenters. The van der Waals surface area contributed by atoms with E-state index in [9.17, 15) is 4.79 Å². The van der Waals surface area contributed by atoms with Crippen molar-refractivity contribution in [2.24, 2.45) is 7.05 Å². The third-order valence-corrected chi connectivity index (χ3v) is 4.34. The van der Waals surface area contributed by atoms with Crippen molar-refractivity contribution in [3.05, 3.63) is 53.9 Å². The Morgan fingerprint density at radius 1 is 1.12 bits per heavy atom. The normalized spacial score (nSPS) is 10.7. The minimum atomic E-state index is 0.0300. The molecule has 142 valence electrons. The molecule has 0 atom stereocenters. The van der Waals surface area contributed by atoms with Crippen molar-refractivity contribution < 1.29 is 14.3 Å². The standard InChI is InChI=1S/C21H30N2O3/c1-4-5-16-26-20-11-9-18(10-12-20)21(24)23(14-7-15-25-3)17-19-8-6-13-22(19)2/h6,8-13H,4-5,7,14-17H2,1-3H3. The average Bonchev–Trinajstić information content (AvgIpc) is 3.06. The van der Waals surface area contributed by atoms with Crippen LogP contribution >= 0.6 is 0 Å². The lowest BCUT2D eigenvalue weighted by Gasteiger charge is -2.23. The molecule has 2 aromatic rings. The van der Waals surface area contributed by atoms with Crippen molar-refractivity contribution in [3.8, 4) is 5.75 Å². The highest BCUT2D eigenvalue weighted by atomic mass is 16.5. The van der Waals surface area contributed by atoms with Gasteiger partial charge in [-0.25, -0.2) is 0 Å². The Bertz CT molecular complexity index is 664. The third-order valence-electron chi connectivity index (χ3n) is 4.34. The molecule has 5 nitrogen and oxygen atoms in total. The van der Waals surface area contributed by atoms with Gasteiger partial charge in [-0.15, -0.1) is 0 Å². The van der Waals surface area contributed by atoms with E-state index >= 15 is 0 Å². The fourth-order valence-corrected chi connectivity index (χ4v) is 2.72. The van der Waals surface area contributed by atoms with Gasteiger partial charge in [-0.2, -0.15) is 0 Å². The van der Waals surface area contributed by atoms with E-state index in [0.29, 0.717) is 31.9 Å². The number of carbonyl (C=O) groups is 1. The van der Waals surface area contributed by atoms with Gasteiger partial charge < -0.3 is 18.9 Å². The molecule has 0 aliphatic heterocycles. The molecule has 1 amide bonds. The highest BCUT2D eigenvalue weighted by molar-refractivity contribution is 5.94. The van der Waals surface area contributed by atoms with Gasteiger partial charge in [0.05, 0.1) is 13.2 Å². The van der Waals surface area contributed by atoms with Gasteiger partial charge in [0.25, 0.3) is 5.91 Å². The summed E-state index contributed by atoms with van der Waals surface area (Å²) >= 11 is 0. The van der Waals surface area contributed by atoms with Crippen LogP contribution < -0.4 is 4.74 Å². The van der Waals surface area contributed by atoms with Crippen LogP contribution in [0.4, 0.5) is 0 Å². The number of amides is 1. The van der Waals surface area contributed by atoms with E-state index in [1.807, 2.05) is 59.1 Å². The molecule has 0 aliphatic rings. The molecular formula is C21H30N2O3. The summed E-state index contributed by atoms with van der Waals surface area (Å²) in [6.07, 6.45) is 4.94. The van der Waals surface area contributed by atoms with E-state index in [1.165, 1.54) is 0 Å². The molecule has 0 fully saturated rings. The number of aryl methyl sites for hydroxylation is 1. The smallest absolute Gasteiger partial charge is 0.254 e. The highest BCUT2D eigenvalue weighted by Gasteiger charge is 2.17. The maximum absolute atomic E-state index is 13.0. The number of carbonyl (C=O) groups excluding carboxylic acids is 1. The Morgan fingerprint density at radius 3 is 2.50 bits per heavy atom. The quantitative estimate of drug-likeness (QED) is 0.573. The van der Waals surface area contributed by atoms with Crippen LogP contribution in [-0.2, 0) is 18.3 Å². The lowest BCUT2D eigenvalue weighted by molar-refractivity contribution is 0.0720. The summed E-state index contributed by atoms with van der Waals surface area (Å²) < 4.78 is 12.9. The van der Waals surface area contributed by atoms with Crippen molar-refractivity contribution in [3.63, 3.8) is 0 Å². The number of benzene rings is 1. The van der Waals surface area contributed by atoms with Crippen molar-refractivity contribution in [2.75, 3.05) is 26.9 Å². The summed E-state index contributed by atoms with van der Waals surface area (Å²) in [6, 6.07) is 11.5. The SMILES string of the molecule is CCCCOc1ccc(C(=O)N(CCCOC)Cc2cccn2C)cc1. The summed E-state index contributed by atoms with van der Waals surface area (Å²) in [5.74, 6) is 0.839. The molecule has 5 heteroatoms. The number of methoxy groups -OCH3 is 1. The van der Waals surface area contributed by atoms with Gasteiger partial charge in [0.2, 0.25) is 0 Å². The molecule has 1 heterocycles. The molecule has 2 rings (SSSR count). The molecular weight excluding hydrogens is 328 g/mol. The van der Waals surface area contributed by atoms with Crippen LogP contribution in [0.1, 0.15) is 42.2 Å². The van der Waals surface area contributed by atoms with Crippen LogP contribution in [0, 0.1) is 0 Å². The minimum Gasteiger partial charge on any atom is -0.494 e. The topological polar surface area (TPSA) is 43.7 Å². The molecule has 0 radical (unpaired) electrons. The second kappa shape index (κ2) is 10.7. The van der Waals surface area contributed by atoms with E-state index in [0.717, 1.165) is 30.7 Å². The molecule has 26 heavy (non-hydrogen) atoms. The molecule has 0 saturated heterocycles. The first kappa shape index (κ1) is 20.0. The second-order valence-corrected chi connectivity index (χ2v) is 6.41. The monoisotopic (exact) mass is 358 g/mol. The first-order valence-corrected chi connectivity index (χ1v) is 9.27. The number of aromatic nitrogens is 1. The number of hydrogen-bond acceptors (Lipinski definition) is 3. The lowest BCUT2D eigenvalue weighted by atomic mass is 10.1. The number of nitrogens with zero attached hydrogens (tertiary/aromatic N) is 2. The third kappa shape index (κ3) is 5.92. The van der Waals surface area contributed by atoms with Gasteiger partial charge in [-0.05, 0) is 49.2 Å². The first-order valence-electron chi connectivity index (χ1n) is 9.27.